The molecule has 0 spiro atoms. The standard InChI is InChI=1S/C49H39NSi/c1-49(2)46-27-15-14-26-44(46)45-34-31-38(35-47(45)49)50(48-28-16-18-36-17-12-13-25-43(36)48)37-29-32-42(33-30-37)51(39-19-6-3-7-20-39,40-21-8-4-9-22-40)41-23-10-5-11-24-41/h3-35H,1-2H3. The van der Waals surface area contributed by atoms with Crippen LogP contribution in [-0.2, 0) is 5.41 Å². The molecule has 0 heterocycles. The second-order valence-electron chi connectivity index (χ2n) is 14.1. The first-order chi connectivity index (χ1) is 25.1. The van der Waals surface area contributed by atoms with E-state index in [1.807, 2.05) is 0 Å². The van der Waals surface area contributed by atoms with Crippen molar-refractivity contribution in [2.45, 2.75) is 19.3 Å². The summed E-state index contributed by atoms with van der Waals surface area (Å²) in [4.78, 5) is 2.46. The molecular weight excluding hydrogens is 631 g/mol. The van der Waals surface area contributed by atoms with Crippen molar-refractivity contribution in [3.05, 3.63) is 211 Å². The third-order valence-electron chi connectivity index (χ3n) is 11.0. The smallest absolute Gasteiger partial charge is 0.179 e. The van der Waals surface area contributed by atoms with E-state index < -0.39 is 8.07 Å². The Hall–Kier alpha value is -5.96. The zero-order valence-corrected chi connectivity index (χ0v) is 30.0. The van der Waals surface area contributed by atoms with Crippen LogP contribution in [0.25, 0.3) is 21.9 Å². The highest BCUT2D eigenvalue weighted by Gasteiger charge is 2.41. The Morgan fingerprint density at radius 3 is 1.53 bits per heavy atom. The van der Waals surface area contributed by atoms with Crippen LogP contribution in [0.2, 0.25) is 0 Å². The molecule has 0 fully saturated rings. The Morgan fingerprint density at radius 2 is 0.882 bits per heavy atom. The molecule has 0 aliphatic heterocycles. The molecule has 51 heavy (non-hydrogen) atoms. The van der Waals surface area contributed by atoms with Gasteiger partial charge in [-0.3, -0.25) is 0 Å². The van der Waals surface area contributed by atoms with Gasteiger partial charge in [-0.2, -0.15) is 0 Å². The minimum atomic E-state index is -2.65. The molecule has 9 rings (SSSR count). The molecule has 2 heteroatoms. The molecule has 8 aromatic carbocycles. The van der Waals surface area contributed by atoms with Gasteiger partial charge in [-0.1, -0.05) is 184 Å². The monoisotopic (exact) mass is 669 g/mol. The Kier molecular flexibility index (Phi) is 7.56. The van der Waals surface area contributed by atoms with E-state index in [4.69, 9.17) is 0 Å². The molecule has 1 nitrogen and oxygen atoms in total. The van der Waals surface area contributed by atoms with Crippen LogP contribution in [0.5, 0.6) is 0 Å². The molecule has 8 aromatic rings. The first kappa shape index (κ1) is 31.0. The number of benzene rings is 8. The average molecular weight is 670 g/mol. The quantitative estimate of drug-likeness (QED) is 0.121. The maximum atomic E-state index is 2.46. The van der Waals surface area contributed by atoms with E-state index in [1.54, 1.807) is 0 Å². The normalized spacial score (nSPS) is 13.1. The largest absolute Gasteiger partial charge is 0.310 e. The van der Waals surface area contributed by atoms with Crippen molar-refractivity contribution in [3.63, 3.8) is 0 Å². The fourth-order valence-electron chi connectivity index (χ4n) is 8.59. The SMILES string of the molecule is CC1(C)c2ccccc2-c2ccc(N(c3ccc([Si](c4ccccc4)(c4ccccc4)c4ccccc4)cc3)c3cccc4ccccc34)cc21. The topological polar surface area (TPSA) is 3.24 Å². The second-order valence-corrected chi connectivity index (χ2v) is 17.9. The van der Waals surface area contributed by atoms with Crippen LogP contribution in [0.4, 0.5) is 17.1 Å². The van der Waals surface area contributed by atoms with E-state index in [1.165, 1.54) is 59.5 Å². The first-order valence-corrected chi connectivity index (χ1v) is 19.9. The Labute approximate surface area is 302 Å². The Bertz CT molecular complexity index is 2380. The molecular formula is C49H39NSi. The predicted molar refractivity (Wildman–Crippen MR) is 220 cm³/mol. The molecule has 0 bridgehead atoms. The van der Waals surface area contributed by atoms with Crippen molar-refractivity contribution in [1.29, 1.82) is 0 Å². The highest BCUT2D eigenvalue weighted by atomic mass is 28.3. The highest BCUT2D eigenvalue weighted by Crippen LogP contribution is 2.50. The van der Waals surface area contributed by atoms with E-state index in [2.05, 4.69) is 219 Å². The summed E-state index contributed by atoms with van der Waals surface area (Å²) in [6.45, 7) is 4.72. The summed E-state index contributed by atoms with van der Waals surface area (Å²) in [6.07, 6.45) is 0. The van der Waals surface area contributed by atoms with Gasteiger partial charge in [0.15, 0.2) is 8.07 Å². The summed E-state index contributed by atoms with van der Waals surface area (Å²) in [5.74, 6) is 0. The molecule has 0 radical (unpaired) electrons. The van der Waals surface area contributed by atoms with E-state index in [0.29, 0.717) is 0 Å². The van der Waals surface area contributed by atoms with Crippen LogP contribution in [0.1, 0.15) is 25.0 Å². The highest BCUT2D eigenvalue weighted by molar-refractivity contribution is 7.19. The number of hydrogen-bond donors (Lipinski definition) is 0. The number of anilines is 3. The lowest BCUT2D eigenvalue weighted by Gasteiger charge is -2.35. The van der Waals surface area contributed by atoms with Crippen molar-refractivity contribution < 1.29 is 0 Å². The molecule has 0 saturated carbocycles. The van der Waals surface area contributed by atoms with Crippen LogP contribution in [0.3, 0.4) is 0 Å². The fraction of sp³-hybridized carbons (Fsp3) is 0.0612. The summed E-state index contributed by atoms with van der Waals surface area (Å²) in [5, 5.41) is 7.95. The van der Waals surface area contributed by atoms with Crippen LogP contribution in [0.15, 0.2) is 200 Å². The van der Waals surface area contributed by atoms with Gasteiger partial charge < -0.3 is 4.90 Å². The lowest BCUT2D eigenvalue weighted by molar-refractivity contribution is 0.660. The van der Waals surface area contributed by atoms with Crippen LogP contribution in [0, 0.1) is 0 Å². The zero-order chi connectivity index (χ0) is 34.4. The molecule has 0 saturated heterocycles. The maximum Gasteiger partial charge on any atom is 0.179 e. The molecule has 0 N–H and O–H groups in total. The van der Waals surface area contributed by atoms with Gasteiger partial charge in [0.2, 0.25) is 0 Å². The third-order valence-corrected chi connectivity index (χ3v) is 15.8. The Morgan fingerprint density at radius 1 is 0.392 bits per heavy atom. The molecule has 0 unspecified atom stereocenters. The zero-order valence-electron chi connectivity index (χ0n) is 29.0. The minimum absolute atomic E-state index is 0.0948. The van der Waals surface area contributed by atoms with Crippen molar-refractivity contribution in [2.24, 2.45) is 0 Å². The second kappa shape index (κ2) is 12.4. The fourth-order valence-corrected chi connectivity index (χ4v) is 13.3. The lowest BCUT2D eigenvalue weighted by atomic mass is 9.82. The molecule has 244 valence electrons. The summed E-state index contributed by atoms with van der Waals surface area (Å²) < 4.78 is 0. The van der Waals surface area contributed by atoms with E-state index in [0.717, 1.165) is 11.4 Å². The molecule has 0 aromatic heterocycles. The van der Waals surface area contributed by atoms with Crippen LogP contribution in [-0.4, -0.2) is 8.07 Å². The minimum Gasteiger partial charge on any atom is -0.310 e. The summed E-state index contributed by atoms with van der Waals surface area (Å²) in [6, 6.07) is 74.3. The maximum absolute atomic E-state index is 2.65. The number of fused-ring (bicyclic) bond motifs is 4. The van der Waals surface area contributed by atoms with Gasteiger partial charge in [-0.25, -0.2) is 0 Å². The average Bonchev–Trinajstić information content (AvgIpc) is 3.43. The molecule has 0 atom stereocenters. The van der Waals surface area contributed by atoms with Gasteiger partial charge in [0.1, 0.15) is 0 Å². The van der Waals surface area contributed by atoms with Crippen molar-refractivity contribution in [3.8, 4) is 11.1 Å². The molecule has 0 amide bonds. The van der Waals surface area contributed by atoms with Crippen molar-refractivity contribution in [2.75, 3.05) is 4.90 Å². The Balaban J connectivity index is 1.26. The van der Waals surface area contributed by atoms with Gasteiger partial charge in [0, 0.05) is 22.2 Å². The lowest BCUT2D eigenvalue weighted by Crippen LogP contribution is -2.74. The molecule has 1 aliphatic carbocycles. The number of rotatable bonds is 7. The van der Waals surface area contributed by atoms with E-state index in [-0.39, 0.29) is 5.41 Å². The number of hydrogen-bond acceptors (Lipinski definition) is 1. The van der Waals surface area contributed by atoms with Crippen LogP contribution < -0.4 is 25.6 Å². The van der Waals surface area contributed by atoms with Gasteiger partial charge in [-0.15, -0.1) is 0 Å². The van der Waals surface area contributed by atoms with Gasteiger partial charge in [-0.05, 0) is 78.7 Å². The van der Waals surface area contributed by atoms with Crippen molar-refractivity contribution >= 4 is 56.7 Å². The number of nitrogens with zero attached hydrogens (tertiary/aromatic N) is 1. The summed E-state index contributed by atoms with van der Waals surface area (Å²) >= 11 is 0. The van der Waals surface area contributed by atoms with Gasteiger partial charge >= 0.3 is 0 Å². The summed E-state index contributed by atoms with van der Waals surface area (Å²) in [7, 11) is -2.65. The van der Waals surface area contributed by atoms with Gasteiger partial charge in [0.25, 0.3) is 0 Å². The van der Waals surface area contributed by atoms with E-state index in [9.17, 15) is 0 Å². The first-order valence-electron chi connectivity index (χ1n) is 17.9. The van der Waals surface area contributed by atoms with Crippen LogP contribution >= 0.6 is 0 Å². The molecule has 1 aliphatic rings. The third kappa shape index (κ3) is 4.98. The van der Waals surface area contributed by atoms with Crippen molar-refractivity contribution in [1.82, 2.24) is 0 Å². The van der Waals surface area contributed by atoms with Gasteiger partial charge in [0.05, 0.1) is 5.69 Å². The van der Waals surface area contributed by atoms with E-state index >= 15 is 0 Å². The summed E-state index contributed by atoms with van der Waals surface area (Å²) in [5.41, 5.74) is 8.81. The predicted octanol–water partition coefficient (Wildman–Crippen LogP) is 9.99.